The molecule has 2 amide bonds. The van der Waals surface area contributed by atoms with Crippen LogP contribution >= 0.6 is 11.6 Å². The van der Waals surface area contributed by atoms with E-state index < -0.39 is 11.8 Å². The molecule has 1 unspecified atom stereocenters. The number of halogens is 1. The van der Waals surface area contributed by atoms with Crippen molar-refractivity contribution in [2.45, 2.75) is 5.92 Å². The Morgan fingerprint density at radius 3 is 2.04 bits per heavy atom. The molecule has 0 spiro atoms. The molecule has 0 aliphatic carbocycles. The summed E-state index contributed by atoms with van der Waals surface area (Å²) in [4.78, 5) is 24.5. The Balaban J connectivity index is 1.82. The van der Waals surface area contributed by atoms with Gasteiger partial charge in [0.15, 0.2) is 0 Å². The van der Waals surface area contributed by atoms with E-state index in [1.807, 2.05) is 30.3 Å². The van der Waals surface area contributed by atoms with E-state index in [0.29, 0.717) is 21.8 Å². The normalized spacial score (nSPS) is 11.5. The molecule has 0 saturated heterocycles. The summed E-state index contributed by atoms with van der Waals surface area (Å²) in [5, 5.41) is 12.2. The summed E-state index contributed by atoms with van der Waals surface area (Å²) < 4.78 is 0. The number of carbonyl (C=O) groups excluding carboxylic acids is 2. The lowest BCUT2D eigenvalue weighted by molar-refractivity contribution is -0.129. The molecule has 0 radical (unpaired) electrons. The van der Waals surface area contributed by atoms with Gasteiger partial charge >= 0.3 is 0 Å². The highest BCUT2D eigenvalue weighted by Crippen LogP contribution is 2.26. The van der Waals surface area contributed by atoms with Crippen molar-refractivity contribution in [1.29, 1.82) is 0 Å². The number of amides is 2. The maximum atomic E-state index is 12.3. The Kier molecular flexibility index (Phi) is 5.86. The lowest BCUT2D eigenvalue weighted by atomic mass is 9.90. The number of hydrogen-bond donors (Lipinski definition) is 3. The number of rotatable bonds is 5. The van der Waals surface area contributed by atoms with Crippen molar-refractivity contribution < 1.29 is 14.8 Å². The molecular formula is C21H17ClN2O3. The summed E-state index contributed by atoms with van der Waals surface area (Å²) in [6, 6.07) is 22.8. The Bertz CT molecular complexity index is 943. The van der Waals surface area contributed by atoms with Crippen molar-refractivity contribution >= 4 is 29.1 Å². The molecule has 136 valence electrons. The predicted molar refractivity (Wildman–Crippen MR) is 104 cm³/mol. The second kappa shape index (κ2) is 8.49. The fourth-order valence-electron chi connectivity index (χ4n) is 2.81. The fourth-order valence-corrected chi connectivity index (χ4v) is 3.03. The molecule has 5 nitrogen and oxygen atoms in total. The summed E-state index contributed by atoms with van der Waals surface area (Å²) in [7, 11) is 0. The third kappa shape index (κ3) is 4.34. The molecule has 0 fully saturated rings. The molecular weight excluding hydrogens is 364 g/mol. The quantitative estimate of drug-likeness (QED) is 0.458. The van der Waals surface area contributed by atoms with Gasteiger partial charge in [0.05, 0.1) is 16.5 Å². The van der Waals surface area contributed by atoms with E-state index in [4.69, 9.17) is 16.8 Å². The number of nitrogens with one attached hydrogen (secondary N) is 2. The second-order valence-corrected chi connectivity index (χ2v) is 6.28. The van der Waals surface area contributed by atoms with Crippen LogP contribution in [0.4, 0.5) is 5.69 Å². The minimum Gasteiger partial charge on any atom is -0.322 e. The van der Waals surface area contributed by atoms with Crippen molar-refractivity contribution in [1.82, 2.24) is 5.48 Å². The summed E-state index contributed by atoms with van der Waals surface area (Å²) in [5.74, 6) is -1.51. The molecule has 0 bridgehead atoms. The summed E-state index contributed by atoms with van der Waals surface area (Å²) in [5.41, 5.74) is 4.09. The van der Waals surface area contributed by atoms with Crippen molar-refractivity contribution in [3.8, 4) is 0 Å². The van der Waals surface area contributed by atoms with Crippen LogP contribution in [-0.2, 0) is 4.79 Å². The van der Waals surface area contributed by atoms with Crippen molar-refractivity contribution in [3.63, 3.8) is 0 Å². The van der Waals surface area contributed by atoms with E-state index in [1.165, 1.54) is 0 Å². The molecule has 3 N–H and O–H groups in total. The summed E-state index contributed by atoms with van der Waals surface area (Å²) in [6.07, 6.45) is 0. The third-order valence-corrected chi connectivity index (χ3v) is 4.46. The summed E-state index contributed by atoms with van der Waals surface area (Å²) >= 11 is 6.04. The minimum atomic E-state index is -0.662. The molecule has 3 aromatic carbocycles. The van der Waals surface area contributed by atoms with Crippen LogP contribution in [0.3, 0.4) is 0 Å². The first-order valence-corrected chi connectivity index (χ1v) is 8.62. The minimum absolute atomic E-state index is 0.318. The lowest BCUT2D eigenvalue weighted by Gasteiger charge is -2.16. The number of benzene rings is 3. The third-order valence-electron chi connectivity index (χ3n) is 4.13. The SMILES string of the molecule is O=C(Nc1ccc(C(C(=O)NO)c2ccccc2)cc1)c1ccccc1Cl. The highest BCUT2D eigenvalue weighted by Gasteiger charge is 2.22. The van der Waals surface area contributed by atoms with E-state index in [9.17, 15) is 9.59 Å². The number of hydrogen-bond acceptors (Lipinski definition) is 3. The van der Waals surface area contributed by atoms with Gasteiger partial charge in [0.25, 0.3) is 11.8 Å². The van der Waals surface area contributed by atoms with Crippen LogP contribution in [0.2, 0.25) is 5.02 Å². The van der Waals surface area contributed by atoms with Gasteiger partial charge in [-0.2, -0.15) is 0 Å². The molecule has 6 heteroatoms. The Morgan fingerprint density at radius 2 is 1.41 bits per heavy atom. The van der Waals surface area contributed by atoms with E-state index >= 15 is 0 Å². The topological polar surface area (TPSA) is 78.4 Å². The predicted octanol–water partition coefficient (Wildman–Crippen LogP) is 4.23. The van der Waals surface area contributed by atoms with Gasteiger partial charge in [-0.15, -0.1) is 0 Å². The molecule has 3 rings (SSSR count). The first-order chi connectivity index (χ1) is 13.1. The van der Waals surface area contributed by atoms with Gasteiger partial charge in [0.2, 0.25) is 0 Å². The largest absolute Gasteiger partial charge is 0.322 e. The molecule has 0 saturated carbocycles. The Labute approximate surface area is 161 Å². The smallest absolute Gasteiger partial charge is 0.257 e. The van der Waals surface area contributed by atoms with Crippen LogP contribution in [0.5, 0.6) is 0 Å². The summed E-state index contributed by atoms with van der Waals surface area (Å²) in [6.45, 7) is 0. The highest BCUT2D eigenvalue weighted by molar-refractivity contribution is 6.34. The van der Waals surface area contributed by atoms with Crippen LogP contribution in [0.15, 0.2) is 78.9 Å². The maximum Gasteiger partial charge on any atom is 0.257 e. The molecule has 0 aliphatic rings. The van der Waals surface area contributed by atoms with Gasteiger partial charge in [-0.1, -0.05) is 66.2 Å². The van der Waals surface area contributed by atoms with Gasteiger partial charge in [-0.25, -0.2) is 5.48 Å². The second-order valence-electron chi connectivity index (χ2n) is 5.88. The van der Waals surface area contributed by atoms with Crippen molar-refractivity contribution in [2.75, 3.05) is 5.32 Å². The zero-order valence-corrected chi connectivity index (χ0v) is 15.0. The van der Waals surface area contributed by atoms with Crippen LogP contribution in [0.25, 0.3) is 0 Å². The van der Waals surface area contributed by atoms with Gasteiger partial charge in [0.1, 0.15) is 0 Å². The zero-order valence-electron chi connectivity index (χ0n) is 14.2. The van der Waals surface area contributed by atoms with Crippen LogP contribution in [0.1, 0.15) is 27.4 Å². The van der Waals surface area contributed by atoms with Crippen LogP contribution in [0, 0.1) is 0 Å². The number of hydroxylamine groups is 1. The van der Waals surface area contributed by atoms with Crippen molar-refractivity contribution in [3.05, 3.63) is 101 Å². The van der Waals surface area contributed by atoms with Crippen molar-refractivity contribution in [2.24, 2.45) is 0 Å². The standard InChI is InChI=1S/C21H17ClN2O3/c22-18-9-5-4-8-17(18)20(25)23-16-12-10-15(11-13-16)19(21(26)24-27)14-6-2-1-3-7-14/h1-13,19,27H,(H,23,25)(H,24,26). The van der Waals surface area contributed by atoms with Gasteiger partial charge in [-0.05, 0) is 35.4 Å². The first-order valence-electron chi connectivity index (χ1n) is 8.25. The zero-order chi connectivity index (χ0) is 19.2. The highest BCUT2D eigenvalue weighted by atomic mass is 35.5. The lowest BCUT2D eigenvalue weighted by Crippen LogP contribution is -2.27. The molecule has 27 heavy (non-hydrogen) atoms. The van der Waals surface area contributed by atoms with Gasteiger partial charge in [-0.3, -0.25) is 14.8 Å². The molecule has 3 aromatic rings. The van der Waals surface area contributed by atoms with Crippen LogP contribution in [-0.4, -0.2) is 17.0 Å². The van der Waals surface area contributed by atoms with Gasteiger partial charge in [0, 0.05) is 5.69 Å². The Hall–Kier alpha value is -3.15. The maximum absolute atomic E-state index is 12.3. The average molecular weight is 381 g/mol. The molecule has 0 aromatic heterocycles. The molecule has 1 atom stereocenters. The Morgan fingerprint density at radius 1 is 0.815 bits per heavy atom. The van der Waals surface area contributed by atoms with E-state index in [-0.39, 0.29) is 5.91 Å². The van der Waals surface area contributed by atoms with Gasteiger partial charge < -0.3 is 5.32 Å². The average Bonchev–Trinajstić information content (AvgIpc) is 2.70. The molecule has 0 heterocycles. The first kappa shape index (κ1) is 18.6. The van der Waals surface area contributed by atoms with Crippen LogP contribution < -0.4 is 10.8 Å². The monoisotopic (exact) mass is 380 g/mol. The number of carbonyl (C=O) groups is 2. The van der Waals surface area contributed by atoms with E-state index in [2.05, 4.69) is 5.32 Å². The molecule has 0 aliphatic heterocycles. The fraction of sp³-hybridized carbons (Fsp3) is 0.0476. The van der Waals surface area contributed by atoms with E-state index in [1.54, 1.807) is 54.0 Å². The number of anilines is 1. The van der Waals surface area contributed by atoms with E-state index in [0.717, 1.165) is 5.56 Å².